The van der Waals surface area contributed by atoms with E-state index in [0.29, 0.717) is 10.3 Å². The molecule has 0 saturated carbocycles. The van der Waals surface area contributed by atoms with Crippen LogP contribution in [-0.4, -0.2) is 6.26 Å². The van der Waals surface area contributed by atoms with Crippen LogP contribution in [0.3, 0.4) is 0 Å². The van der Waals surface area contributed by atoms with Crippen molar-refractivity contribution in [1.29, 1.82) is 0 Å². The van der Waals surface area contributed by atoms with Crippen molar-refractivity contribution in [3.63, 3.8) is 0 Å². The van der Waals surface area contributed by atoms with Gasteiger partial charge in [0, 0.05) is 15.0 Å². The average molecular weight is 216 g/mol. The van der Waals surface area contributed by atoms with E-state index < -0.39 is 11.6 Å². The molecule has 0 bridgehead atoms. The van der Waals surface area contributed by atoms with Gasteiger partial charge in [0.25, 0.3) is 0 Å². The molecular formula is C9H6F2S2. The van der Waals surface area contributed by atoms with E-state index in [9.17, 15) is 8.78 Å². The summed E-state index contributed by atoms with van der Waals surface area (Å²) in [6, 6.07) is 3.28. The molecule has 0 unspecified atom stereocenters. The fourth-order valence-corrected chi connectivity index (χ4v) is 2.57. The average Bonchev–Trinajstić information content (AvgIpc) is 2.59. The Labute approximate surface area is 82.6 Å². The number of fused-ring (bicyclic) bond motifs is 1. The van der Waals surface area contributed by atoms with Crippen molar-refractivity contribution < 1.29 is 8.78 Å². The van der Waals surface area contributed by atoms with Crippen LogP contribution < -0.4 is 0 Å². The number of hydrogen-bond donors (Lipinski definition) is 0. The molecule has 0 nitrogen and oxygen atoms in total. The van der Waals surface area contributed by atoms with Crippen LogP contribution in [0.5, 0.6) is 0 Å². The largest absolute Gasteiger partial charge is 0.203 e. The molecule has 0 amide bonds. The summed E-state index contributed by atoms with van der Waals surface area (Å²) in [5.74, 6) is -1.47. The summed E-state index contributed by atoms with van der Waals surface area (Å²) < 4.78 is 27.3. The number of benzene rings is 1. The fraction of sp³-hybridized carbons (Fsp3) is 0.111. The minimum absolute atomic E-state index is 0.368. The van der Waals surface area contributed by atoms with Crippen LogP contribution in [0.1, 0.15) is 0 Å². The van der Waals surface area contributed by atoms with E-state index in [1.807, 2.05) is 0 Å². The molecule has 4 heteroatoms. The second-order valence-electron chi connectivity index (χ2n) is 2.54. The van der Waals surface area contributed by atoms with Crippen LogP contribution in [0.2, 0.25) is 0 Å². The lowest BCUT2D eigenvalue weighted by molar-refractivity contribution is 0.500. The lowest BCUT2D eigenvalue weighted by atomic mass is 10.2. The lowest BCUT2D eigenvalue weighted by Crippen LogP contribution is -1.87. The maximum Gasteiger partial charge on any atom is 0.173 e. The number of thiophene rings is 1. The maximum atomic E-state index is 13.3. The van der Waals surface area contributed by atoms with Crippen LogP contribution in [0, 0.1) is 11.6 Å². The second kappa shape index (κ2) is 3.27. The van der Waals surface area contributed by atoms with Gasteiger partial charge in [-0.25, -0.2) is 8.78 Å². The highest BCUT2D eigenvalue weighted by molar-refractivity contribution is 7.98. The maximum absolute atomic E-state index is 13.3. The van der Waals surface area contributed by atoms with Gasteiger partial charge in [-0.05, 0) is 23.8 Å². The molecular weight excluding hydrogens is 210 g/mol. The number of thioether (sulfide) groups is 1. The molecule has 13 heavy (non-hydrogen) atoms. The van der Waals surface area contributed by atoms with Gasteiger partial charge in [0.2, 0.25) is 0 Å². The predicted molar refractivity (Wildman–Crippen MR) is 53.5 cm³/mol. The Balaban J connectivity index is 2.83. The molecule has 0 aliphatic carbocycles. The van der Waals surface area contributed by atoms with Crippen LogP contribution in [0.15, 0.2) is 22.4 Å². The first-order valence-electron chi connectivity index (χ1n) is 3.63. The van der Waals surface area contributed by atoms with Gasteiger partial charge in [0.05, 0.1) is 0 Å². The third-order valence-electron chi connectivity index (χ3n) is 1.82. The van der Waals surface area contributed by atoms with E-state index in [-0.39, 0.29) is 0 Å². The van der Waals surface area contributed by atoms with Gasteiger partial charge in [0.1, 0.15) is 0 Å². The number of hydrogen-bond acceptors (Lipinski definition) is 2. The molecule has 0 N–H and O–H groups in total. The summed E-state index contributed by atoms with van der Waals surface area (Å²) in [6.07, 6.45) is 1.73. The standard InChI is InChI=1S/C9H6F2S2/c1-12-7-4-6-5(2-3-13-6)8(10)9(7)11/h2-4H,1H3. The molecule has 68 valence electrons. The number of rotatable bonds is 1. The van der Waals surface area contributed by atoms with Crippen molar-refractivity contribution in [3.8, 4) is 0 Å². The minimum Gasteiger partial charge on any atom is -0.203 e. The van der Waals surface area contributed by atoms with E-state index in [1.54, 1.807) is 23.8 Å². The Morgan fingerprint density at radius 3 is 2.77 bits per heavy atom. The molecule has 0 atom stereocenters. The van der Waals surface area contributed by atoms with Crippen LogP contribution in [0.25, 0.3) is 10.1 Å². The third-order valence-corrected chi connectivity index (χ3v) is 3.42. The zero-order chi connectivity index (χ0) is 9.42. The summed E-state index contributed by atoms with van der Waals surface area (Å²) in [7, 11) is 0. The van der Waals surface area contributed by atoms with Crippen LogP contribution in [-0.2, 0) is 0 Å². The van der Waals surface area contributed by atoms with E-state index >= 15 is 0 Å². The monoisotopic (exact) mass is 216 g/mol. The van der Waals surface area contributed by atoms with Crippen molar-refractivity contribution in [2.45, 2.75) is 4.90 Å². The van der Waals surface area contributed by atoms with Crippen LogP contribution >= 0.6 is 23.1 Å². The Morgan fingerprint density at radius 1 is 1.31 bits per heavy atom. The van der Waals surface area contributed by atoms with E-state index in [1.165, 1.54) is 23.1 Å². The zero-order valence-corrected chi connectivity index (χ0v) is 8.44. The topological polar surface area (TPSA) is 0 Å². The first-order valence-corrected chi connectivity index (χ1v) is 5.73. The molecule has 2 rings (SSSR count). The van der Waals surface area contributed by atoms with Crippen molar-refractivity contribution >= 4 is 33.2 Å². The summed E-state index contributed by atoms with van der Waals surface area (Å²) in [5, 5.41) is 2.14. The van der Waals surface area contributed by atoms with Gasteiger partial charge in [-0.15, -0.1) is 23.1 Å². The van der Waals surface area contributed by atoms with Gasteiger partial charge in [-0.2, -0.15) is 0 Å². The van der Waals surface area contributed by atoms with Crippen molar-refractivity contribution in [2.75, 3.05) is 6.26 Å². The Hall–Kier alpha value is -0.610. The highest BCUT2D eigenvalue weighted by Gasteiger charge is 2.12. The molecule has 1 aromatic heterocycles. The zero-order valence-electron chi connectivity index (χ0n) is 6.80. The van der Waals surface area contributed by atoms with Crippen LogP contribution in [0.4, 0.5) is 8.78 Å². The first-order chi connectivity index (χ1) is 6.24. The Bertz CT molecular complexity index is 448. The van der Waals surface area contributed by atoms with Gasteiger partial charge in [0.15, 0.2) is 11.6 Å². The molecule has 0 fully saturated rings. The highest BCUT2D eigenvalue weighted by Crippen LogP contribution is 2.31. The third kappa shape index (κ3) is 1.34. The van der Waals surface area contributed by atoms with E-state index in [2.05, 4.69) is 0 Å². The summed E-state index contributed by atoms with van der Waals surface area (Å²) in [6.45, 7) is 0. The fourth-order valence-electron chi connectivity index (χ4n) is 1.17. The molecule has 0 spiro atoms. The predicted octanol–water partition coefficient (Wildman–Crippen LogP) is 3.90. The summed E-state index contributed by atoms with van der Waals surface area (Å²) >= 11 is 2.64. The molecule has 0 radical (unpaired) electrons. The van der Waals surface area contributed by atoms with E-state index in [4.69, 9.17) is 0 Å². The Morgan fingerprint density at radius 2 is 2.08 bits per heavy atom. The molecule has 0 aliphatic heterocycles. The van der Waals surface area contributed by atoms with Crippen molar-refractivity contribution in [2.24, 2.45) is 0 Å². The highest BCUT2D eigenvalue weighted by atomic mass is 32.2. The second-order valence-corrected chi connectivity index (χ2v) is 4.33. The molecule has 1 aromatic carbocycles. The van der Waals surface area contributed by atoms with Gasteiger partial charge < -0.3 is 0 Å². The normalized spacial score (nSPS) is 11.0. The molecule has 0 aliphatic rings. The SMILES string of the molecule is CSc1cc2sccc2c(F)c1F. The molecule has 2 aromatic rings. The molecule has 1 heterocycles. The van der Waals surface area contributed by atoms with Gasteiger partial charge in [-0.1, -0.05) is 0 Å². The first kappa shape index (κ1) is 8.97. The molecule has 0 saturated heterocycles. The van der Waals surface area contributed by atoms with Gasteiger partial charge in [-0.3, -0.25) is 0 Å². The van der Waals surface area contributed by atoms with Gasteiger partial charge >= 0.3 is 0 Å². The Kier molecular flexibility index (Phi) is 2.26. The number of halogens is 2. The lowest BCUT2D eigenvalue weighted by Gasteiger charge is -2.00. The minimum atomic E-state index is -0.738. The van der Waals surface area contributed by atoms with E-state index in [0.717, 1.165) is 4.70 Å². The van der Waals surface area contributed by atoms with Crippen molar-refractivity contribution in [3.05, 3.63) is 29.1 Å². The summed E-state index contributed by atoms with van der Waals surface area (Å²) in [5.41, 5.74) is 0. The van der Waals surface area contributed by atoms with Crippen molar-refractivity contribution in [1.82, 2.24) is 0 Å². The summed E-state index contributed by atoms with van der Waals surface area (Å²) in [4.78, 5) is 0.368. The quantitative estimate of drug-likeness (QED) is 0.651. The smallest absolute Gasteiger partial charge is 0.173 e.